The number of aliphatic carboxylic acids is 1. The fraction of sp³-hybridized carbons (Fsp3) is 0.400. The van der Waals surface area contributed by atoms with Gasteiger partial charge in [0.2, 0.25) is 0 Å². The number of hydrogen-bond donors (Lipinski definition) is 2. The Labute approximate surface area is 132 Å². The zero-order valence-electron chi connectivity index (χ0n) is 12.4. The van der Waals surface area contributed by atoms with E-state index in [0.717, 1.165) is 0 Å². The fourth-order valence-corrected chi connectivity index (χ4v) is 2.78. The molecule has 0 unspecified atom stereocenters. The quantitative estimate of drug-likeness (QED) is 0.872. The predicted octanol–water partition coefficient (Wildman–Crippen LogP) is 1.04. The third-order valence-corrected chi connectivity index (χ3v) is 4.08. The van der Waals surface area contributed by atoms with E-state index in [4.69, 9.17) is 5.11 Å². The molecule has 0 spiro atoms. The number of carbonyl (C=O) groups excluding carboxylic acids is 1. The molecule has 1 aliphatic rings. The van der Waals surface area contributed by atoms with Gasteiger partial charge >= 0.3 is 5.97 Å². The number of rotatable bonds is 4. The van der Waals surface area contributed by atoms with Gasteiger partial charge in [0.25, 0.3) is 5.91 Å². The maximum Gasteiger partial charge on any atom is 0.306 e. The van der Waals surface area contributed by atoms with Gasteiger partial charge in [-0.1, -0.05) is 5.21 Å². The van der Waals surface area contributed by atoms with Crippen LogP contribution in [-0.2, 0) is 4.79 Å². The minimum absolute atomic E-state index is 0.00752. The molecular weight excluding hydrogens is 298 g/mol. The molecule has 0 bridgehead atoms. The summed E-state index contributed by atoms with van der Waals surface area (Å²) in [6.45, 7) is 0. The number of carboxylic acids is 1. The molecule has 0 saturated heterocycles. The molecule has 2 heterocycles. The summed E-state index contributed by atoms with van der Waals surface area (Å²) >= 11 is 0. The average molecular weight is 315 g/mol. The minimum atomic E-state index is -0.750. The van der Waals surface area contributed by atoms with Gasteiger partial charge in [-0.15, -0.1) is 5.10 Å². The first-order valence-electron chi connectivity index (χ1n) is 7.49. The zero-order chi connectivity index (χ0) is 16.2. The van der Waals surface area contributed by atoms with Crippen LogP contribution in [0.4, 0.5) is 0 Å². The maximum atomic E-state index is 12.3. The van der Waals surface area contributed by atoms with E-state index < -0.39 is 5.97 Å². The third kappa shape index (κ3) is 3.53. The van der Waals surface area contributed by atoms with Crippen molar-refractivity contribution >= 4 is 11.9 Å². The van der Waals surface area contributed by atoms with E-state index in [1.54, 1.807) is 24.7 Å². The highest BCUT2D eigenvalue weighted by molar-refractivity contribution is 5.94. The van der Waals surface area contributed by atoms with Gasteiger partial charge < -0.3 is 10.4 Å². The summed E-state index contributed by atoms with van der Waals surface area (Å²) in [7, 11) is 0. The Morgan fingerprint density at radius 2 is 2.00 bits per heavy atom. The van der Waals surface area contributed by atoms with Crippen LogP contribution in [0.3, 0.4) is 0 Å². The summed E-state index contributed by atoms with van der Waals surface area (Å²) in [4.78, 5) is 27.3. The lowest BCUT2D eigenvalue weighted by atomic mass is 9.86. The monoisotopic (exact) mass is 315 g/mol. The number of nitrogens with zero attached hydrogens (tertiary/aromatic N) is 4. The van der Waals surface area contributed by atoms with Crippen molar-refractivity contribution < 1.29 is 14.7 Å². The number of nitrogens with one attached hydrogen (secondary N) is 1. The van der Waals surface area contributed by atoms with Gasteiger partial charge in [0.1, 0.15) is 0 Å². The highest BCUT2D eigenvalue weighted by atomic mass is 16.4. The summed E-state index contributed by atoms with van der Waals surface area (Å²) in [5.74, 6) is -1.25. The summed E-state index contributed by atoms with van der Waals surface area (Å²) in [6.07, 6.45) is 8.87. The predicted molar refractivity (Wildman–Crippen MR) is 80.0 cm³/mol. The molecule has 0 atom stereocenters. The Bertz CT molecular complexity index is 693. The Balaban J connectivity index is 1.63. The standard InChI is InChI=1S/C15H17N5O3/c21-14(18-12-3-1-10(2-4-12)15(22)23)11-7-13(9-16-8-11)20-6-5-17-19-20/h5-10,12H,1-4H2,(H,18,21)(H,22,23). The first-order valence-corrected chi connectivity index (χ1v) is 7.49. The highest BCUT2D eigenvalue weighted by Crippen LogP contribution is 2.24. The average Bonchev–Trinajstić information content (AvgIpc) is 3.10. The molecular formula is C15H17N5O3. The Morgan fingerprint density at radius 1 is 1.22 bits per heavy atom. The Hall–Kier alpha value is -2.77. The molecule has 23 heavy (non-hydrogen) atoms. The highest BCUT2D eigenvalue weighted by Gasteiger charge is 2.26. The van der Waals surface area contributed by atoms with Crippen LogP contribution in [0.5, 0.6) is 0 Å². The number of carbonyl (C=O) groups is 2. The number of hydrogen-bond acceptors (Lipinski definition) is 5. The van der Waals surface area contributed by atoms with Gasteiger partial charge in [0.15, 0.2) is 0 Å². The van der Waals surface area contributed by atoms with Gasteiger partial charge in [0.05, 0.1) is 35.8 Å². The molecule has 8 nitrogen and oxygen atoms in total. The van der Waals surface area contributed by atoms with Gasteiger partial charge in [-0.2, -0.15) is 0 Å². The minimum Gasteiger partial charge on any atom is -0.481 e. The van der Waals surface area contributed by atoms with E-state index in [1.807, 2.05) is 0 Å². The van der Waals surface area contributed by atoms with Crippen LogP contribution < -0.4 is 5.32 Å². The van der Waals surface area contributed by atoms with Gasteiger partial charge in [-0.25, -0.2) is 4.68 Å². The lowest BCUT2D eigenvalue weighted by molar-refractivity contribution is -0.142. The van der Waals surface area contributed by atoms with Crippen molar-refractivity contribution in [2.75, 3.05) is 0 Å². The van der Waals surface area contributed by atoms with Gasteiger partial charge in [-0.3, -0.25) is 14.6 Å². The largest absolute Gasteiger partial charge is 0.481 e. The topological polar surface area (TPSA) is 110 Å². The van der Waals surface area contributed by atoms with Crippen LogP contribution in [0.1, 0.15) is 36.0 Å². The normalized spacial score (nSPS) is 20.9. The molecule has 3 rings (SSSR count). The van der Waals surface area contributed by atoms with Crippen molar-refractivity contribution in [3.05, 3.63) is 36.4 Å². The molecule has 0 radical (unpaired) electrons. The summed E-state index contributed by atoms with van der Waals surface area (Å²) in [5.41, 5.74) is 1.10. The summed E-state index contributed by atoms with van der Waals surface area (Å²) < 4.78 is 1.53. The second-order valence-electron chi connectivity index (χ2n) is 5.64. The molecule has 1 saturated carbocycles. The molecule has 1 aliphatic carbocycles. The van der Waals surface area contributed by atoms with Crippen LogP contribution in [0.25, 0.3) is 5.69 Å². The molecule has 8 heteroatoms. The first kappa shape index (κ1) is 15.1. The van der Waals surface area contributed by atoms with E-state index in [1.165, 1.54) is 10.9 Å². The molecule has 1 amide bonds. The number of pyridine rings is 1. The molecule has 2 aromatic rings. The summed E-state index contributed by atoms with van der Waals surface area (Å²) in [6, 6.07) is 1.70. The first-order chi connectivity index (χ1) is 11.1. The van der Waals surface area contributed by atoms with Gasteiger partial charge in [-0.05, 0) is 31.7 Å². The second kappa shape index (κ2) is 6.55. The van der Waals surface area contributed by atoms with Crippen molar-refractivity contribution in [1.29, 1.82) is 0 Å². The van der Waals surface area contributed by atoms with Crippen LogP contribution in [0, 0.1) is 5.92 Å². The van der Waals surface area contributed by atoms with Crippen LogP contribution in [0.15, 0.2) is 30.9 Å². The third-order valence-electron chi connectivity index (χ3n) is 4.08. The lowest BCUT2D eigenvalue weighted by Crippen LogP contribution is -2.38. The molecule has 1 fully saturated rings. The fourth-order valence-electron chi connectivity index (χ4n) is 2.78. The number of carboxylic acid groups (broad SMARTS) is 1. The number of aromatic nitrogens is 4. The van der Waals surface area contributed by atoms with Crippen LogP contribution >= 0.6 is 0 Å². The van der Waals surface area contributed by atoms with E-state index in [0.29, 0.717) is 36.9 Å². The molecule has 0 aliphatic heterocycles. The zero-order valence-corrected chi connectivity index (χ0v) is 12.4. The number of amides is 1. The van der Waals surface area contributed by atoms with Crippen molar-refractivity contribution in [2.24, 2.45) is 5.92 Å². The van der Waals surface area contributed by atoms with Crippen LogP contribution in [0.2, 0.25) is 0 Å². The van der Waals surface area contributed by atoms with E-state index in [9.17, 15) is 9.59 Å². The molecule has 0 aromatic carbocycles. The van der Waals surface area contributed by atoms with E-state index in [2.05, 4.69) is 20.6 Å². The summed E-state index contributed by atoms with van der Waals surface area (Å²) in [5, 5.41) is 19.5. The Kier molecular flexibility index (Phi) is 4.31. The van der Waals surface area contributed by atoms with Crippen molar-refractivity contribution in [3.63, 3.8) is 0 Å². The van der Waals surface area contributed by atoms with Crippen molar-refractivity contribution in [1.82, 2.24) is 25.3 Å². The smallest absolute Gasteiger partial charge is 0.306 e. The van der Waals surface area contributed by atoms with Gasteiger partial charge in [0, 0.05) is 12.2 Å². The van der Waals surface area contributed by atoms with E-state index >= 15 is 0 Å². The molecule has 120 valence electrons. The lowest BCUT2D eigenvalue weighted by Gasteiger charge is -2.26. The van der Waals surface area contributed by atoms with Crippen molar-refractivity contribution in [3.8, 4) is 5.69 Å². The SMILES string of the molecule is O=C(NC1CCC(C(=O)O)CC1)c1cncc(-n2ccnn2)c1. The van der Waals surface area contributed by atoms with Crippen molar-refractivity contribution in [2.45, 2.75) is 31.7 Å². The van der Waals surface area contributed by atoms with E-state index in [-0.39, 0.29) is 17.9 Å². The molecule has 2 aromatic heterocycles. The molecule has 2 N–H and O–H groups in total. The van der Waals surface area contributed by atoms with Crippen LogP contribution in [-0.4, -0.2) is 43.0 Å². The Morgan fingerprint density at radius 3 is 2.65 bits per heavy atom. The maximum absolute atomic E-state index is 12.3. The second-order valence-corrected chi connectivity index (χ2v) is 5.64.